The van der Waals surface area contributed by atoms with Crippen molar-refractivity contribution in [3.63, 3.8) is 0 Å². The van der Waals surface area contributed by atoms with E-state index < -0.39 is 10.0 Å². The molecule has 0 atom stereocenters. The van der Waals surface area contributed by atoms with E-state index in [1.54, 1.807) is 18.2 Å². The number of aryl methyl sites for hydroxylation is 1. The molecule has 0 aromatic heterocycles. The molecule has 0 bridgehead atoms. The molecule has 0 saturated carbocycles. The third-order valence-electron chi connectivity index (χ3n) is 4.23. The molecule has 2 aromatic rings. The number of morpholine rings is 1. The Kier molecular flexibility index (Phi) is 6.05. The minimum atomic E-state index is -3.53. The summed E-state index contributed by atoms with van der Waals surface area (Å²) in [6, 6.07) is 14.0. The van der Waals surface area contributed by atoms with Crippen LogP contribution >= 0.6 is 0 Å². The van der Waals surface area contributed by atoms with Gasteiger partial charge < -0.3 is 10.1 Å². The average molecular weight is 386 g/mol. The highest BCUT2D eigenvalue weighted by atomic mass is 32.2. The van der Waals surface area contributed by atoms with E-state index in [1.165, 1.54) is 22.5 Å². The topological polar surface area (TPSA) is 75.7 Å². The van der Waals surface area contributed by atoms with Gasteiger partial charge in [0, 0.05) is 24.9 Å². The smallest absolute Gasteiger partial charge is 0.248 e. The third-order valence-corrected chi connectivity index (χ3v) is 6.15. The first-order valence-corrected chi connectivity index (χ1v) is 10.1. The Morgan fingerprint density at radius 2 is 1.67 bits per heavy atom. The van der Waals surface area contributed by atoms with Gasteiger partial charge in [-0.3, -0.25) is 4.79 Å². The van der Waals surface area contributed by atoms with Gasteiger partial charge in [0.25, 0.3) is 0 Å². The van der Waals surface area contributed by atoms with Crippen LogP contribution in [0.5, 0.6) is 0 Å². The van der Waals surface area contributed by atoms with Crippen LogP contribution in [0.4, 0.5) is 5.69 Å². The zero-order valence-corrected chi connectivity index (χ0v) is 15.9. The molecule has 0 aliphatic carbocycles. The van der Waals surface area contributed by atoms with Gasteiger partial charge in [-0.15, -0.1) is 0 Å². The SMILES string of the molecule is Cc1ccc(C=CC(=O)Nc2ccc(S(=O)(=O)N3CCOCC3)cc2)cc1. The van der Waals surface area contributed by atoms with Crippen LogP contribution in [0.2, 0.25) is 0 Å². The van der Waals surface area contributed by atoms with Gasteiger partial charge in [0.1, 0.15) is 0 Å². The number of benzene rings is 2. The highest BCUT2D eigenvalue weighted by Gasteiger charge is 2.26. The molecule has 6 nitrogen and oxygen atoms in total. The Labute approximate surface area is 159 Å². The van der Waals surface area contributed by atoms with Gasteiger partial charge in [-0.25, -0.2) is 8.42 Å². The van der Waals surface area contributed by atoms with Crippen LogP contribution in [0.3, 0.4) is 0 Å². The van der Waals surface area contributed by atoms with Gasteiger partial charge in [0.05, 0.1) is 18.1 Å². The van der Waals surface area contributed by atoms with Crippen LogP contribution in [-0.4, -0.2) is 44.9 Å². The number of hydrogen-bond donors (Lipinski definition) is 1. The molecule has 7 heteroatoms. The summed E-state index contributed by atoms with van der Waals surface area (Å²) in [5.74, 6) is -0.278. The minimum absolute atomic E-state index is 0.206. The summed E-state index contributed by atoms with van der Waals surface area (Å²) >= 11 is 0. The largest absolute Gasteiger partial charge is 0.379 e. The fraction of sp³-hybridized carbons (Fsp3) is 0.250. The Morgan fingerprint density at radius 1 is 1.04 bits per heavy atom. The summed E-state index contributed by atoms with van der Waals surface area (Å²) in [7, 11) is -3.53. The quantitative estimate of drug-likeness (QED) is 0.802. The molecule has 0 unspecified atom stereocenters. The molecule has 142 valence electrons. The van der Waals surface area contributed by atoms with Crippen molar-refractivity contribution < 1.29 is 17.9 Å². The molecule has 1 aliphatic rings. The van der Waals surface area contributed by atoms with E-state index in [4.69, 9.17) is 4.74 Å². The Hall–Kier alpha value is -2.48. The first kappa shape index (κ1) is 19.3. The van der Waals surface area contributed by atoms with Gasteiger partial charge in [0.2, 0.25) is 15.9 Å². The van der Waals surface area contributed by atoms with E-state index in [2.05, 4.69) is 5.32 Å². The fourth-order valence-corrected chi connectivity index (χ4v) is 4.09. The second kappa shape index (κ2) is 8.47. The summed E-state index contributed by atoms with van der Waals surface area (Å²) in [5, 5.41) is 2.73. The molecule has 1 saturated heterocycles. The fourth-order valence-electron chi connectivity index (χ4n) is 2.68. The number of carbonyl (C=O) groups is 1. The van der Waals surface area contributed by atoms with E-state index in [0.717, 1.165) is 11.1 Å². The lowest BCUT2D eigenvalue weighted by Gasteiger charge is -2.26. The van der Waals surface area contributed by atoms with Crippen molar-refractivity contribution in [1.29, 1.82) is 0 Å². The summed E-state index contributed by atoms with van der Waals surface area (Å²) in [4.78, 5) is 12.2. The van der Waals surface area contributed by atoms with E-state index in [0.29, 0.717) is 32.0 Å². The predicted octanol–water partition coefficient (Wildman–Crippen LogP) is 2.67. The van der Waals surface area contributed by atoms with Gasteiger partial charge in [-0.05, 0) is 42.8 Å². The normalized spacial score (nSPS) is 15.7. The zero-order chi connectivity index (χ0) is 19.3. The van der Waals surface area contributed by atoms with E-state index in [9.17, 15) is 13.2 Å². The number of anilines is 1. The average Bonchev–Trinajstić information content (AvgIpc) is 2.69. The maximum atomic E-state index is 12.6. The monoisotopic (exact) mass is 386 g/mol. The lowest BCUT2D eigenvalue weighted by atomic mass is 10.1. The van der Waals surface area contributed by atoms with E-state index >= 15 is 0 Å². The second-order valence-corrected chi connectivity index (χ2v) is 8.21. The predicted molar refractivity (Wildman–Crippen MR) is 105 cm³/mol. The molecule has 0 spiro atoms. The van der Waals surface area contributed by atoms with Crippen LogP contribution < -0.4 is 5.32 Å². The number of rotatable bonds is 5. The molecule has 3 rings (SSSR count). The molecule has 1 heterocycles. The van der Waals surface area contributed by atoms with Crippen LogP contribution in [0.15, 0.2) is 59.5 Å². The molecule has 27 heavy (non-hydrogen) atoms. The first-order chi connectivity index (χ1) is 12.9. The number of hydrogen-bond acceptors (Lipinski definition) is 4. The lowest BCUT2D eigenvalue weighted by Crippen LogP contribution is -2.40. The van der Waals surface area contributed by atoms with Gasteiger partial charge in [0.15, 0.2) is 0 Å². The van der Waals surface area contributed by atoms with Crippen molar-refractivity contribution >= 4 is 27.7 Å². The van der Waals surface area contributed by atoms with Crippen molar-refractivity contribution in [3.8, 4) is 0 Å². The number of carbonyl (C=O) groups excluding carboxylic acids is 1. The molecule has 1 amide bonds. The van der Waals surface area contributed by atoms with Crippen molar-refractivity contribution in [2.45, 2.75) is 11.8 Å². The Bertz CT molecular complexity index is 913. The second-order valence-electron chi connectivity index (χ2n) is 6.27. The van der Waals surface area contributed by atoms with Crippen LogP contribution in [0.25, 0.3) is 6.08 Å². The van der Waals surface area contributed by atoms with E-state index in [-0.39, 0.29) is 10.8 Å². The summed E-state index contributed by atoms with van der Waals surface area (Å²) in [5.41, 5.74) is 2.63. The molecular weight excluding hydrogens is 364 g/mol. The number of sulfonamides is 1. The highest BCUT2D eigenvalue weighted by Crippen LogP contribution is 2.19. The van der Waals surface area contributed by atoms with Crippen LogP contribution in [-0.2, 0) is 19.6 Å². The summed E-state index contributed by atoms with van der Waals surface area (Å²) < 4.78 is 31.8. The number of nitrogens with one attached hydrogen (secondary N) is 1. The number of amides is 1. The lowest BCUT2D eigenvalue weighted by molar-refractivity contribution is -0.111. The Balaban J connectivity index is 1.63. The first-order valence-electron chi connectivity index (χ1n) is 8.69. The third kappa shape index (κ3) is 5.03. The van der Waals surface area contributed by atoms with Crippen molar-refractivity contribution in [3.05, 3.63) is 65.7 Å². The standard InChI is InChI=1S/C20H22N2O4S/c1-16-2-4-17(5-3-16)6-11-20(23)21-18-7-9-19(10-8-18)27(24,25)22-12-14-26-15-13-22/h2-11H,12-15H2,1H3,(H,21,23). The van der Waals surface area contributed by atoms with Crippen molar-refractivity contribution in [2.75, 3.05) is 31.6 Å². The van der Waals surface area contributed by atoms with E-state index in [1.807, 2.05) is 31.2 Å². The molecule has 1 fully saturated rings. The molecule has 2 aromatic carbocycles. The van der Waals surface area contributed by atoms with Gasteiger partial charge >= 0.3 is 0 Å². The zero-order valence-electron chi connectivity index (χ0n) is 15.1. The highest BCUT2D eigenvalue weighted by molar-refractivity contribution is 7.89. The van der Waals surface area contributed by atoms with Crippen molar-refractivity contribution in [1.82, 2.24) is 4.31 Å². The maximum absolute atomic E-state index is 12.6. The molecule has 0 radical (unpaired) electrons. The number of ether oxygens (including phenoxy) is 1. The van der Waals surface area contributed by atoms with Crippen molar-refractivity contribution in [2.24, 2.45) is 0 Å². The summed E-state index contributed by atoms with van der Waals surface area (Å²) in [6.07, 6.45) is 3.18. The number of nitrogens with zero attached hydrogens (tertiary/aromatic N) is 1. The molecule has 1 N–H and O–H groups in total. The summed E-state index contributed by atoms with van der Waals surface area (Å²) in [6.45, 7) is 3.51. The van der Waals surface area contributed by atoms with Crippen LogP contribution in [0, 0.1) is 6.92 Å². The maximum Gasteiger partial charge on any atom is 0.248 e. The Morgan fingerprint density at radius 3 is 2.30 bits per heavy atom. The minimum Gasteiger partial charge on any atom is -0.379 e. The van der Waals surface area contributed by atoms with Crippen LogP contribution in [0.1, 0.15) is 11.1 Å². The molecular formula is C20H22N2O4S. The van der Waals surface area contributed by atoms with Gasteiger partial charge in [-0.2, -0.15) is 4.31 Å². The molecule has 1 aliphatic heterocycles. The van der Waals surface area contributed by atoms with Gasteiger partial charge in [-0.1, -0.05) is 29.8 Å².